The topological polar surface area (TPSA) is 46.2 Å². The van der Waals surface area contributed by atoms with Crippen LogP contribution in [0.2, 0.25) is 0 Å². The maximum Gasteiger partial charge on any atom is 0.261 e. The third-order valence-corrected chi connectivity index (χ3v) is 8.85. The number of anilines is 1. The standard InChI is InChI=1S/C16H16BrNO2S3/c1-11-9-14(5-6-15(11)17)23(19,20)18-13-4-2-3-12(10-13)16-21-7-8-22-16/h2-6,9-10,16,18H,7-8H2,1H3. The third kappa shape index (κ3) is 4.07. The normalized spacial score (nSPS) is 15.7. The summed E-state index contributed by atoms with van der Waals surface area (Å²) >= 11 is 7.20. The van der Waals surface area contributed by atoms with Crippen molar-refractivity contribution in [2.75, 3.05) is 16.2 Å². The molecule has 1 fully saturated rings. The summed E-state index contributed by atoms with van der Waals surface area (Å²) in [5, 5.41) is 0. The fraction of sp³-hybridized carbons (Fsp3) is 0.250. The molecule has 0 saturated carbocycles. The predicted molar refractivity (Wildman–Crippen MR) is 104 cm³/mol. The van der Waals surface area contributed by atoms with Crippen molar-refractivity contribution in [1.82, 2.24) is 0 Å². The van der Waals surface area contributed by atoms with E-state index in [9.17, 15) is 8.42 Å². The lowest BCUT2D eigenvalue weighted by molar-refractivity contribution is 0.601. The van der Waals surface area contributed by atoms with E-state index < -0.39 is 10.0 Å². The van der Waals surface area contributed by atoms with Crippen molar-refractivity contribution < 1.29 is 8.42 Å². The van der Waals surface area contributed by atoms with Gasteiger partial charge in [0.15, 0.2) is 0 Å². The van der Waals surface area contributed by atoms with Gasteiger partial charge in [-0.2, -0.15) is 0 Å². The Balaban J connectivity index is 1.85. The van der Waals surface area contributed by atoms with Gasteiger partial charge < -0.3 is 0 Å². The van der Waals surface area contributed by atoms with Crippen molar-refractivity contribution in [2.24, 2.45) is 0 Å². The van der Waals surface area contributed by atoms with Crippen molar-refractivity contribution in [3.05, 3.63) is 58.1 Å². The van der Waals surface area contributed by atoms with Gasteiger partial charge in [0.25, 0.3) is 10.0 Å². The Morgan fingerprint density at radius 3 is 2.57 bits per heavy atom. The maximum absolute atomic E-state index is 12.6. The molecular weight excluding hydrogens is 414 g/mol. The Morgan fingerprint density at radius 1 is 1.13 bits per heavy atom. The van der Waals surface area contributed by atoms with Gasteiger partial charge in [-0.25, -0.2) is 8.42 Å². The van der Waals surface area contributed by atoms with E-state index in [1.54, 1.807) is 24.3 Å². The van der Waals surface area contributed by atoms with E-state index >= 15 is 0 Å². The summed E-state index contributed by atoms with van der Waals surface area (Å²) in [4.78, 5) is 0.271. The number of aryl methyl sites for hydroxylation is 1. The van der Waals surface area contributed by atoms with Crippen LogP contribution in [-0.4, -0.2) is 19.9 Å². The van der Waals surface area contributed by atoms with Crippen LogP contribution in [0.15, 0.2) is 51.8 Å². The number of thioether (sulfide) groups is 2. The first kappa shape index (κ1) is 17.2. The minimum Gasteiger partial charge on any atom is -0.280 e. The molecule has 0 atom stereocenters. The molecule has 1 saturated heterocycles. The van der Waals surface area contributed by atoms with E-state index in [1.807, 2.05) is 42.6 Å². The average Bonchev–Trinajstić information content (AvgIpc) is 3.04. The van der Waals surface area contributed by atoms with Gasteiger partial charge in [0.2, 0.25) is 0 Å². The summed E-state index contributed by atoms with van der Waals surface area (Å²) in [5.41, 5.74) is 2.65. The van der Waals surface area contributed by atoms with E-state index in [0.29, 0.717) is 10.3 Å². The molecule has 1 aliphatic heterocycles. The predicted octanol–water partition coefficient (Wildman–Crippen LogP) is 5.04. The van der Waals surface area contributed by atoms with E-state index in [2.05, 4.69) is 26.7 Å². The molecule has 122 valence electrons. The number of hydrogen-bond donors (Lipinski definition) is 1. The molecule has 2 aromatic carbocycles. The molecular formula is C16H16BrNO2S3. The van der Waals surface area contributed by atoms with Crippen molar-refractivity contribution in [3.63, 3.8) is 0 Å². The zero-order valence-electron chi connectivity index (χ0n) is 12.5. The monoisotopic (exact) mass is 429 g/mol. The van der Waals surface area contributed by atoms with Gasteiger partial charge >= 0.3 is 0 Å². The molecule has 3 rings (SSSR count). The Kier molecular flexibility index (Phi) is 5.30. The van der Waals surface area contributed by atoms with E-state index in [0.717, 1.165) is 27.1 Å². The molecule has 1 aliphatic rings. The minimum absolute atomic E-state index is 0.271. The summed E-state index contributed by atoms with van der Waals surface area (Å²) < 4.78 is 29.1. The lowest BCUT2D eigenvalue weighted by Gasteiger charge is -2.13. The van der Waals surface area contributed by atoms with Gasteiger partial charge in [-0.15, -0.1) is 23.5 Å². The third-order valence-electron chi connectivity index (χ3n) is 3.47. The minimum atomic E-state index is -3.58. The Bertz CT molecular complexity index is 818. The van der Waals surface area contributed by atoms with E-state index in [4.69, 9.17) is 0 Å². The molecule has 0 aliphatic carbocycles. The second-order valence-electron chi connectivity index (χ2n) is 5.22. The molecule has 0 aromatic heterocycles. The van der Waals surface area contributed by atoms with Gasteiger partial charge in [-0.05, 0) is 48.4 Å². The smallest absolute Gasteiger partial charge is 0.261 e. The van der Waals surface area contributed by atoms with Gasteiger partial charge in [0.1, 0.15) is 0 Å². The highest BCUT2D eigenvalue weighted by atomic mass is 79.9. The summed E-state index contributed by atoms with van der Waals surface area (Å²) in [6.45, 7) is 1.87. The first-order valence-corrected chi connectivity index (χ1v) is 11.5. The molecule has 0 unspecified atom stereocenters. The summed E-state index contributed by atoms with van der Waals surface area (Å²) in [6, 6.07) is 12.7. The van der Waals surface area contributed by atoms with Crippen molar-refractivity contribution >= 4 is 55.2 Å². The average molecular weight is 430 g/mol. The fourth-order valence-electron chi connectivity index (χ4n) is 2.30. The highest BCUT2D eigenvalue weighted by Crippen LogP contribution is 2.45. The summed E-state index contributed by atoms with van der Waals surface area (Å²) in [7, 11) is -3.58. The first-order chi connectivity index (χ1) is 11.0. The Labute approximate surface area is 153 Å². The number of halogens is 1. The number of sulfonamides is 1. The van der Waals surface area contributed by atoms with Crippen LogP contribution in [0.25, 0.3) is 0 Å². The summed E-state index contributed by atoms with van der Waals surface area (Å²) in [5.74, 6) is 2.28. The maximum atomic E-state index is 12.6. The second-order valence-corrected chi connectivity index (χ2v) is 10.5. The van der Waals surface area contributed by atoms with Gasteiger partial charge in [-0.1, -0.05) is 28.1 Å². The summed E-state index contributed by atoms with van der Waals surface area (Å²) in [6.07, 6.45) is 0. The van der Waals surface area contributed by atoms with Crippen LogP contribution in [-0.2, 0) is 10.0 Å². The van der Waals surface area contributed by atoms with Gasteiger partial charge in [0, 0.05) is 21.7 Å². The van der Waals surface area contributed by atoms with Crippen LogP contribution >= 0.6 is 39.5 Å². The number of nitrogens with one attached hydrogen (secondary N) is 1. The van der Waals surface area contributed by atoms with Gasteiger partial charge in [-0.3, -0.25) is 4.72 Å². The lowest BCUT2D eigenvalue weighted by Crippen LogP contribution is -2.13. The number of hydrogen-bond acceptors (Lipinski definition) is 4. The molecule has 0 radical (unpaired) electrons. The van der Waals surface area contributed by atoms with Gasteiger partial charge in [0.05, 0.1) is 9.48 Å². The number of benzene rings is 2. The Morgan fingerprint density at radius 2 is 1.87 bits per heavy atom. The lowest BCUT2D eigenvalue weighted by atomic mass is 10.2. The molecule has 1 heterocycles. The van der Waals surface area contributed by atoms with Crippen LogP contribution < -0.4 is 4.72 Å². The van der Waals surface area contributed by atoms with Crippen LogP contribution in [0.3, 0.4) is 0 Å². The fourth-order valence-corrected chi connectivity index (χ4v) is 6.52. The van der Waals surface area contributed by atoms with E-state index in [1.165, 1.54) is 0 Å². The molecule has 0 spiro atoms. The highest BCUT2D eigenvalue weighted by Gasteiger charge is 2.20. The first-order valence-electron chi connectivity index (χ1n) is 7.08. The zero-order chi connectivity index (χ0) is 16.4. The van der Waals surface area contributed by atoms with Crippen LogP contribution in [0, 0.1) is 6.92 Å². The Hall–Kier alpha value is -0.630. The zero-order valence-corrected chi connectivity index (χ0v) is 16.5. The molecule has 0 bridgehead atoms. The number of rotatable bonds is 4. The second kappa shape index (κ2) is 7.09. The van der Waals surface area contributed by atoms with Crippen molar-refractivity contribution in [2.45, 2.75) is 16.4 Å². The molecule has 1 N–H and O–H groups in total. The SMILES string of the molecule is Cc1cc(S(=O)(=O)Nc2cccc(C3SCCS3)c2)ccc1Br. The van der Waals surface area contributed by atoms with Crippen LogP contribution in [0.1, 0.15) is 15.7 Å². The molecule has 0 amide bonds. The van der Waals surface area contributed by atoms with Crippen LogP contribution in [0.4, 0.5) is 5.69 Å². The molecule has 7 heteroatoms. The van der Waals surface area contributed by atoms with Crippen molar-refractivity contribution in [1.29, 1.82) is 0 Å². The molecule has 2 aromatic rings. The molecule has 3 nitrogen and oxygen atoms in total. The van der Waals surface area contributed by atoms with E-state index in [-0.39, 0.29) is 4.90 Å². The largest absolute Gasteiger partial charge is 0.280 e. The highest BCUT2D eigenvalue weighted by molar-refractivity contribution is 9.10. The van der Waals surface area contributed by atoms with Crippen LogP contribution in [0.5, 0.6) is 0 Å². The molecule has 23 heavy (non-hydrogen) atoms. The quantitative estimate of drug-likeness (QED) is 0.739. The van der Waals surface area contributed by atoms with Crippen molar-refractivity contribution in [3.8, 4) is 0 Å².